The topological polar surface area (TPSA) is 60.6 Å². The van der Waals surface area contributed by atoms with Crippen molar-refractivity contribution in [1.82, 2.24) is 15.0 Å². The minimum Gasteiger partial charge on any atom is -0.377 e. The highest BCUT2D eigenvalue weighted by Gasteiger charge is 2.30. The Hall–Kier alpha value is -0.980. The van der Waals surface area contributed by atoms with E-state index >= 15 is 0 Å². The monoisotopic (exact) mass is 309 g/mol. The molecule has 124 valence electrons. The molecule has 2 fully saturated rings. The van der Waals surface area contributed by atoms with Crippen molar-refractivity contribution in [2.75, 3.05) is 32.9 Å². The van der Waals surface area contributed by atoms with Gasteiger partial charge in [-0.05, 0) is 32.2 Å². The Balaban J connectivity index is 1.45. The summed E-state index contributed by atoms with van der Waals surface area (Å²) in [5, 5.41) is 4.17. The van der Waals surface area contributed by atoms with Gasteiger partial charge in [-0.1, -0.05) is 19.0 Å². The summed E-state index contributed by atoms with van der Waals surface area (Å²) in [6.07, 6.45) is 4.89. The molecular weight excluding hydrogens is 282 g/mol. The van der Waals surface area contributed by atoms with E-state index in [9.17, 15) is 0 Å². The SMILES string of the molecule is CC(C)c1nc([C@@H]2CCCN2CCOC[C@@H]2CCCO2)no1. The lowest BCUT2D eigenvalue weighted by atomic mass is 10.2. The van der Waals surface area contributed by atoms with Crippen LogP contribution in [0.4, 0.5) is 0 Å². The van der Waals surface area contributed by atoms with Crippen LogP contribution in [0.25, 0.3) is 0 Å². The Labute approximate surface area is 132 Å². The van der Waals surface area contributed by atoms with Gasteiger partial charge in [0.1, 0.15) is 0 Å². The first kappa shape index (κ1) is 15.9. The fraction of sp³-hybridized carbons (Fsp3) is 0.875. The Morgan fingerprint density at radius 1 is 1.32 bits per heavy atom. The van der Waals surface area contributed by atoms with E-state index in [0.717, 1.165) is 63.9 Å². The van der Waals surface area contributed by atoms with Gasteiger partial charge >= 0.3 is 0 Å². The number of hydrogen-bond donors (Lipinski definition) is 0. The van der Waals surface area contributed by atoms with E-state index in [4.69, 9.17) is 14.0 Å². The molecule has 2 atom stereocenters. The van der Waals surface area contributed by atoms with Crippen LogP contribution in [-0.4, -0.2) is 54.1 Å². The average molecular weight is 309 g/mol. The molecular formula is C16H27N3O3. The highest BCUT2D eigenvalue weighted by molar-refractivity contribution is 4.99. The highest BCUT2D eigenvalue weighted by Crippen LogP contribution is 2.30. The zero-order valence-corrected chi connectivity index (χ0v) is 13.7. The molecule has 0 N–H and O–H groups in total. The third kappa shape index (κ3) is 3.86. The first-order chi connectivity index (χ1) is 10.7. The third-order valence-corrected chi connectivity index (χ3v) is 4.46. The fourth-order valence-corrected chi connectivity index (χ4v) is 3.18. The maximum absolute atomic E-state index is 5.78. The molecule has 0 radical (unpaired) electrons. The van der Waals surface area contributed by atoms with E-state index in [2.05, 4.69) is 28.9 Å². The third-order valence-electron chi connectivity index (χ3n) is 4.46. The highest BCUT2D eigenvalue weighted by atomic mass is 16.5. The van der Waals surface area contributed by atoms with Gasteiger partial charge in [-0.15, -0.1) is 0 Å². The molecule has 0 aromatic carbocycles. The van der Waals surface area contributed by atoms with Gasteiger partial charge in [-0.2, -0.15) is 4.98 Å². The van der Waals surface area contributed by atoms with Crippen LogP contribution in [0.1, 0.15) is 63.2 Å². The van der Waals surface area contributed by atoms with E-state index in [-0.39, 0.29) is 12.0 Å². The van der Waals surface area contributed by atoms with Gasteiger partial charge in [0.25, 0.3) is 0 Å². The van der Waals surface area contributed by atoms with Crippen molar-refractivity contribution < 1.29 is 14.0 Å². The molecule has 0 aliphatic carbocycles. The summed E-state index contributed by atoms with van der Waals surface area (Å²) in [5.41, 5.74) is 0. The molecule has 22 heavy (non-hydrogen) atoms. The molecule has 0 saturated carbocycles. The second kappa shape index (κ2) is 7.53. The number of rotatable bonds is 7. The van der Waals surface area contributed by atoms with Gasteiger partial charge in [0, 0.05) is 19.1 Å². The summed E-state index contributed by atoms with van der Waals surface area (Å²) in [5.74, 6) is 1.85. The van der Waals surface area contributed by atoms with Crippen LogP contribution in [-0.2, 0) is 9.47 Å². The predicted molar refractivity (Wildman–Crippen MR) is 81.7 cm³/mol. The largest absolute Gasteiger partial charge is 0.377 e. The van der Waals surface area contributed by atoms with Gasteiger partial charge in [-0.3, -0.25) is 4.90 Å². The Morgan fingerprint density at radius 3 is 2.95 bits per heavy atom. The number of likely N-dealkylation sites (tertiary alicyclic amines) is 1. The Morgan fingerprint density at radius 2 is 2.23 bits per heavy atom. The quantitative estimate of drug-likeness (QED) is 0.721. The zero-order valence-electron chi connectivity index (χ0n) is 13.7. The molecule has 0 unspecified atom stereocenters. The number of hydrogen-bond acceptors (Lipinski definition) is 6. The summed E-state index contributed by atoms with van der Waals surface area (Å²) in [4.78, 5) is 6.96. The first-order valence-corrected chi connectivity index (χ1v) is 8.51. The van der Waals surface area contributed by atoms with Crippen LogP contribution in [0.2, 0.25) is 0 Å². The number of ether oxygens (including phenoxy) is 2. The molecule has 0 amide bonds. The van der Waals surface area contributed by atoms with Crippen LogP contribution in [0.5, 0.6) is 0 Å². The molecule has 3 heterocycles. The van der Waals surface area contributed by atoms with Crippen LogP contribution in [0.3, 0.4) is 0 Å². The van der Waals surface area contributed by atoms with Gasteiger partial charge < -0.3 is 14.0 Å². The zero-order chi connectivity index (χ0) is 15.4. The van der Waals surface area contributed by atoms with Crippen molar-refractivity contribution in [3.63, 3.8) is 0 Å². The van der Waals surface area contributed by atoms with Crippen molar-refractivity contribution in [3.05, 3.63) is 11.7 Å². The fourth-order valence-electron chi connectivity index (χ4n) is 3.18. The second-order valence-corrected chi connectivity index (χ2v) is 6.55. The number of aromatic nitrogens is 2. The van der Waals surface area contributed by atoms with Crippen molar-refractivity contribution in [2.24, 2.45) is 0 Å². The summed E-state index contributed by atoms with van der Waals surface area (Å²) in [6, 6.07) is 0.280. The van der Waals surface area contributed by atoms with E-state index in [1.807, 2.05) is 0 Å². The second-order valence-electron chi connectivity index (χ2n) is 6.55. The van der Waals surface area contributed by atoms with Gasteiger partial charge in [-0.25, -0.2) is 0 Å². The maximum atomic E-state index is 5.78. The molecule has 3 rings (SSSR count). The first-order valence-electron chi connectivity index (χ1n) is 8.51. The van der Waals surface area contributed by atoms with Crippen LogP contribution >= 0.6 is 0 Å². The van der Waals surface area contributed by atoms with Crippen molar-refractivity contribution in [2.45, 2.75) is 57.6 Å². The molecule has 0 spiro atoms. The van der Waals surface area contributed by atoms with E-state index in [0.29, 0.717) is 6.10 Å². The van der Waals surface area contributed by atoms with Crippen molar-refractivity contribution >= 4 is 0 Å². The molecule has 0 bridgehead atoms. The summed E-state index contributed by atoms with van der Waals surface area (Å²) >= 11 is 0. The minimum absolute atomic E-state index is 0.280. The molecule has 1 aromatic rings. The Kier molecular flexibility index (Phi) is 5.44. The lowest BCUT2D eigenvalue weighted by Gasteiger charge is -2.22. The predicted octanol–water partition coefficient (Wildman–Crippen LogP) is 2.53. The van der Waals surface area contributed by atoms with Gasteiger partial charge in [0.15, 0.2) is 5.82 Å². The molecule has 2 saturated heterocycles. The summed E-state index contributed by atoms with van der Waals surface area (Å²) in [6.45, 7) is 8.50. The lowest BCUT2D eigenvalue weighted by molar-refractivity contribution is 0.00920. The molecule has 6 heteroatoms. The van der Waals surface area contributed by atoms with Crippen molar-refractivity contribution in [3.8, 4) is 0 Å². The van der Waals surface area contributed by atoms with E-state index in [1.54, 1.807) is 0 Å². The lowest BCUT2D eigenvalue weighted by Crippen LogP contribution is -2.29. The molecule has 1 aromatic heterocycles. The standard InChI is InChI=1S/C16H27N3O3/c1-12(2)16-17-15(18-22-16)14-6-3-7-19(14)8-10-20-11-13-5-4-9-21-13/h12-14H,3-11H2,1-2H3/t13-,14-/m0/s1. The summed E-state index contributed by atoms with van der Waals surface area (Å²) < 4.78 is 16.7. The van der Waals surface area contributed by atoms with E-state index < -0.39 is 0 Å². The molecule has 2 aliphatic rings. The van der Waals surface area contributed by atoms with Crippen LogP contribution in [0, 0.1) is 0 Å². The molecule has 2 aliphatic heterocycles. The normalized spacial score (nSPS) is 26.3. The van der Waals surface area contributed by atoms with Crippen molar-refractivity contribution in [1.29, 1.82) is 0 Å². The van der Waals surface area contributed by atoms with E-state index in [1.165, 1.54) is 6.42 Å². The smallest absolute Gasteiger partial charge is 0.229 e. The van der Waals surface area contributed by atoms with Gasteiger partial charge in [0.05, 0.1) is 25.4 Å². The summed E-state index contributed by atoms with van der Waals surface area (Å²) in [7, 11) is 0. The van der Waals surface area contributed by atoms with Crippen LogP contribution in [0.15, 0.2) is 4.52 Å². The molecule has 6 nitrogen and oxygen atoms in total. The Bertz CT molecular complexity index is 457. The van der Waals surface area contributed by atoms with Crippen LogP contribution < -0.4 is 0 Å². The number of nitrogens with zero attached hydrogens (tertiary/aromatic N) is 3. The van der Waals surface area contributed by atoms with Gasteiger partial charge in [0.2, 0.25) is 5.89 Å². The average Bonchev–Trinajstić information content (AvgIpc) is 3.23. The minimum atomic E-state index is 0.280. The maximum Gasteiger partial charge on any atom is 0.229 e.